The Morgan fingerprint density at radius 3 is 2.53 bits per heavy atom. The highest BCUT2D eigenvalue weighted by Crippen LogP contribution is 2.02. The molecule has 0 unspecified atom stereocenters. The smallest absolute Gasteiger partial charge is 0.273 e. The van der Waals surface area contributed by atoms with Crippen molar-refractivity contribution in [3.8, 4) is 0 Å². The van der Waals surface area contributed by atoms with Gasteiger partial charge in [0.1, 0.15) is 6.54 Å². The van der Waals surface area contributed by atoms with E-state index in [2.05, 4.69) is 10.4 Å². The number of nitrogens with zero attached hydrogens (tertiary/aromatic N) is 1. The van der Waals surface area contributed by atoms with Crippen molar-refractivity contribution in [2.75, 3.05) is 0 Å². The van der Waals surface area contributed by atoms with Gasteiger partial charge in [-0.25, -0.2) is 4.68 Å². The van der Waals surface area contributed by atoms with Crippen LogP contribution in [0.5, 0.6) is 0 Å². The summed E-state index contributed by atoms with van der Waals surface area (Å²) in [6.45, 7) is 3.45. The number of amides is 1. The van der Waals surface area contributed by atoms with Gasteiger partial charge in [-0.05, 0) is 26.0 Å². The number of rotatable bonds is 3. The minimum absolute atomic E-state index is 0.0182. The molecule has 0 fully saturated rings. The SMILES string of the molecule is CC(C)NC(=O)Cn1[nH]c(=O)c2ccccc2c1=O. The molecule has 19 heavy (non-hydrogen) atoms. The Labute approximate surface area is 109 Å². The molecule has 1 aromatic carbocycles. The second kappa shape index (κ2) is 5.09. The minimum atomic E-state index is -0.382. The van der Waals surface area contributed by atoms with Gasteiger partial charge in [0.2, 0.25) is 5.91 Å². The molecule has 0 saturated carbocycles. The van der Waals surface area contributed by atoms with E-state index in [1.807, 2.05) is 13.8 Å². The van der Waals surface area contributed by atoms with E-state index in [9.17, 15) is 14.4 Å². The van der Waals surface area contributed by atoms with E-state index in [1.54, 1.807) is 24.3 Å². The second-order valence-corrected chi connectivity index (χ2v) is 4.60. The fourth-order valence-corrected chi connectivity index (χ4v) is 1.87. The van der Waals surface area contributed by atoms with Crippen LogP contribution in [0.1, 0.15) is 13.8 Å². The van der Waals surface area contributed by atoms with Crippen molar-refractivity contribution >= 4 is 16.7 Å². The van der Waals surface area contributed by atoms with E-state index in [0.29, 0.717) is 10.8 Å². The lowest BCUT2D eigenvalue weighted by molar-refractivity contribution is -0.122. The molecule has 1 heterocycles. The van der Waals surface area contributed by atoms with Crippen LogP contribution in [0, 0.1) is 0 Å². The summed E-state index contributed by atoms with van der Waals surface area (Å²) in [7, 11) is 0. The molecule has 1 amide bonds. The molecule has 0 bridgehead atoms. The summed E-state index contributed by atoms with van der Waals surface area (Å²) in [5, 5.41) is 5.71. The number of aromatic nitrogens is 2. The zero-order chi connectivity index (χ0) is 14.0. The first kappa shape index (κ1) is 13.1. The summed E-state index contributed by atoms with van der Waals surface area (Å²) in [6.07, 6.45) is 0. The minimum Gasteiger partial charge on any atom is -0.352 e. The van der Waals surface area contributed by atoms with Gasteiger partial charge >= 0.3 is 0 Å². The summed E-state index contributed by atoms with van der Waals surface area (Å²) < 4.78 is 1.03. The van der Waals surface area contributed by atoms with E-state index in [1.165, 1.54) is 0 Å². The van der Waals surface area contributed by atoms with Crippen LogP contribution < -0.4 is 16.4 Å². The zero-order valence-corrected chi connectivity index (χ0v) is 10.8. The largest absolute Gasteiger partial charge is 0.352 e. The van der Waals surface area contributed by atoms with Gasteiger partial charge in [0.25, 0.3) is 11.1 Å². The fraction of sp³-hybridized carbons (Fsp3) is 0.308. The van der Waals surface area contributed by atoms with Crippen molar-refractivity contribution in [3.63, 3.8) is 0 Å². The Morgan fingerprint density at radius 2 is 1.89 bits per heavy atom. The molecule has 0 aliphatic rings. The molecule has 0 radical (unpaired) electrons. The highest BCUT2D eigenvalue weighted by Gasteiger charge is 2.10. The number of carbonyl (C=O) groups is 1. The molecule has 1 aromatic heterocycles. The third-order valence-electron chi connectivity index (χ3n) is 2.64. The molecule has 2 aromatic rings. The van der Waals surface area contributed by atoms with E-state index in [-0.39, 0.29) is 29.6 Å². The molecule has 6 nitrogen and oxygen atoms in total. The zero-order valence-electron chi connectivity index (χ0n) is 10.8. The molecular formula is C13H15N3O3. The Hall–Kier alpha value is -2.37. The fourth-order valence-electron chi connectivity index (χ4n) is 1.87. The number of benzene rings is 1. The summed E-state index contributed by atoms with van der Waals surface area (Å²) in [6, 6.07) is 6.50. The van der Waals surface area contributed by atoms with Crippen molar-refractivity contribution in [3.05, 3.63) is 45.0 Å². The predicted molar refractivity (Wildman–Crippen MR) is 72.1 cm³/mol. The molecule has 6 heteroatoms. The molecule has 0 aliphatic carbocycles. The maximum Gasteiger partial charge on any atom is 0.273 e. The molecular weight excluding hydrogens is 246 g/mol. The summed E-state index contributed by atoms with van der Waals surface area (Å²) >= 11 is 0. The molecule has 0 spiro atoms. The lowest BCUT2D eigenvalue weighted by Crippen LogP contribution is -2.38. The number of nitrogens with one attached hydrogen (secondary N) is 2. The maximum absolute atomic E-state index is 12.1. The van der Waals surface area contributed by atoms with Gasteiger partial charge in [0.15, 0.2) is 0 Å². The molecule has 0 saturated heterocycles. The van der Waals surface area contributed by atoms with Gasteiger partial charge < -0.3 is 5.32 Å². The Morgan fingerprint density at radius 1 is 1.26 bits per heavy atom. The van der Waals surface area contributed by atoms with E-state index < -0.39 is 0 Å². The molecule has 0 aliphatic heterocycles. The Kier molecular flexibility index (Phi) is 3.50. The monoisotopic (exact) mass is 261 g/mol. The van der Waals surface area contributed by atoms with Crippen LogP contribution >= 0.6 is 0 Å². The number of carbonyl (C=O) groups excluding carboxylic acids is 1. The van der Waals surface area contributed by atoms with Crippen molar-refractivity contribution in [1.82, 2.24) is 15.1 Å². The van der Waals surface area contributed by atoms with E-state index in [0.717, 1.165) is 4.68 Å². The predicted octanol–water partition coefficient (Wildman–Crippen LogP) is 0.214. The topological polar surface area (TPSA) is 84.0 Å². The van der Waals surface area contributed by atoms with Gasteiger partial charge in [-0.15, -0.1) is 0 Å². The Balaban J connectivity index is 2.46. The van der Waals surface area contributed by atoms with Gasteiger partial charge in [-0.1, -0.05) is 12.1 Å². The number of aromatic amines is 1. The number of hydrogen-bond acceptors (Lipinski definition) is 3. The first-order chi connectivity index (χ1) is 8.99. The lowest BCUT2D eigenvalue weighted by atomic mass is 10.2. The van der Waals surface area contributed by atoms with Crippen LogP contribution in [-0.2, 0) is 11.3 Å². The summed E-state index contributed by atoms with van der Waals surface area (Å²) in [4.78, 5) is 35.6. The Bertz CT molecular complexity index is 728. The number of H-pyrrole nitrogens is 1. The number of fused-ring (bicyclic) bond motifs is 1. The van der Waals surface area contributed by atoms with Crippen molar-refractivity contribution in [1.29, 1.82) is 0 Å². The van der Waals surface area contributed by atoms with Gasteiger partial charge in [-0.2, -0.15) is 0 Å². The van der Waals surface area contributed by atoms with Gasteiger partial charge in [-0.3, -0.25) is 19.5 Å². The summed E-state index contributed by atoms with van der Waals surface area (Å²) in [5.74, 6) is -0.317. The van der Waals surface area contributed by atoms with Crippen LogP contribution in [0.2, 0.25) is 0 Å². The van der Waals surface area contributed by atoms with Crippen molar-refractivity contribution in [2.24, 2.45) is 0 Å². The normalized spacial score (nSPS) is 10.9. The quantitative estimate of drug-likeness (QED) is 0.828. The standard InChI is InChI=1S/C13H15N3O3/c1-8(2)14-11(17)7-16-13(19)10-6-4-3-5-9(10)12(18)15-16/h3-6,8H,7H2,1-2H3,(H,14,17)(H,15,18). The van der Waals surface area contributed by atoms with Crippen LogP contribution in [0.4, 0.5) is 0 Å². The first-order valence-corrected chi connectivity index (χ1v) is 6.00. The average molecular weight is 261 g/mol. The van der Waals surface area contributed by atoms with Crippen molar-refractivity contribution < 1.29 is 4.79 Å². The van der Waals surface area contributed by atoms with Gasteiger partial charge in [0, 0.05) is 6.04 Å². The van der Waals surface area contributed by atoms with Crippen LogP contribution in [0.15, 0.2) is 33.9 Å². The average Bonchev–Trinajstić information content (AvgIpc) is 2.34. The third kappa shape index (κ3) is 2.73. The van der Waals surface area contributed by atoms with Crippen molar-refractivity contribution in [2.45, 2.75) is 26.4 Å². The third-order valence-corrected chi connectivity index (χ3v) is 2.64. The molecule has 0 atom stereocenters. The molecule has 2 N–H and O–H groups in total. The number of hydrogen-bond donors (Lipinski definition) is 2. The highest BCUT2D eigenvalue weighted by molar-refractivity contribution is 5.81. The first-order valence-electron chi connectivity index (χ1n) is 6.00. The highest BCUT2D eigenvalue weighted by atomic mass is 16.2. The second-order valence-electron chi connectivity index (χ2n) is 4.60. The molecule has 2 rings (SSSR count). The van der Waals surface area contributed by atoms with Crippen LogP contribution in [0.3, 0.4) is 0 Å². The van der Waals surface area contributed by atoms with Gasteiger partial charge in [0.05, 0.1) is 10.8 Å². The maximum atomic E-state index is 12.1. The summed E-state index contributed by atoms with van der Waals surface area (Å²) in [5.41, 5.74) is -0.762. The molecule has 100 valence electrons. The van der Waals surface area contributed by atoms with E-state index >= 15 is 0 Å². The lowest BCUT2D eigenvalue weighted by Gasteiger charge is -2.10. The van der Waals surface area contributed by atoms with Crippen LogP contribution in [0.25, 0.3) is 10.8 Å². The van der Waals surface area contributed by atoms with Crippen LogP contribution in [-0.4, -0.2) is 21.7 Å². The van der Waals surface area contributed by atoms with E-state index in [4.69, 9.17) is 0 Å².